The summed E-state index contributed by atoms with van der Waals surface area (Å²) in [5.74, 6) is -0.531. The van der Waals surface area contributed by atoms with Gasteiger partial charge in [-0.2, -0.15) is 0 Å². The van der Waals surface area contributed by atoms with Crippen molar-refractivity contribution in [2.45, 2.75) is 12.3 Å². The summed E-state index contributed by atoms with van der Waals surface area (Å²) in [5.41, 5.74) is 0.157. The molecule has 3 rings (SSSR count). The molecular formula is C14H12ClF2N3. The van der Waals surface area contributed by atoms with E-state index in [4.69, 9.17) is 11.6 Å². The first-order valence-electron chi connectivity index (χ1n) is 6.31. The number of anilines is 1. The van der Waals surface area contributed by atoms with Crippen LogP contribution in [0.15, 0.2) is 30.6 Å². The van der Waals surface area contributed by atoms with Gasteiger partial charge in [-0.1, -0.05) is 17.7 Å². The van der Waals surface area contributed by atoms with E-state index >= 15 is 0 Å². The number of benzene rings is 1. The van der Waals surface area contributed by atoms with Gasteiger partial charge in [-0.15, -0.1) is 0 Å². The summed E-state index contributed by atoms with van der Waals surface area (Å²) in [6, 6.07) is 3.96. The summed E-state index contributed by atoms with van der Waals surface area (Å²) in [7, 11) is 0. The normalized spacial score (nSPS) is 18.6. The molecular weight excluding hydrogens is 284 g/mol. The zero-order valence-corrected chi connectivity index (χ0v) is 11.3. The number of aromatic nitrogens is 2. The number of hydrogen-bond acceptors (Lipinski definition) is 3. The zero-order chi connectivity index (χ0) is 14.1. The summed E-state index contributed by atoms with van der Waals surface area (Å²) in [6.07, 6.45) is 3.73. The van der Waals surface area contributed by atoms with Crippen LogP contribution >= 0.6 is 11.6 Å². The molecule has 0 saturated carbocycles. The zero-order valence-electron chi connectivity index (χ0n) is 10.6. The molecule has 1 unspecified atom stereocenters. The third-order valence-electron chi connectivity index (χ3n) is 3.51. The molecule has 0 spiro atoms. The monoisotopic (exact) mass is 295 g/mol. The third-order valence-corrected chi connectivity index (χ3v) is 3.69. The van der Waals surface area contributed by atoms with E-state index < -0.39 is 11.6 Å². The highest BCUT2D eigenvalue weighted by atomic mass is 35.5. The van der Waals surface area contributed by atoms with Crippen LogP contribution in [0, 0.1) is 11.6 Å². The third kappa shape index (κ3) is 2.45. The largest absolute Gasteiger partial charge is 0.355 e. The number of hydrogen-bond donors (Lipinski definition) is 0. The molecule has 6 heteroatoms. The predicted molar refractivity (Wildman–Crippen MR) is 73.0 cm³/mol. The maximum Gasteiger partial charge on any atom is 0.149 e. The van der Waals surface area contributed by atoms with Gasteiger partial charge in [-0.3, -0.25) is 4.98 Å². The van der Waals surface area contributed by atoms with Crippen LogP contribution in [0.3, 0.4) is 0 Å². The molecule has 0 amide bonds. The fourth-order valence-electron chi connectivity index (χ4n) is 2.59. The Morgan fingerprint density at radius 2 is 1.95 bits per heavy atom. The standard InChI is InChI=1S/C14H12ClF2N3/c15-12-6-18-7-13(19-12)20-5-4-9(8-20)14-10(16)2-1-3-11(14)17/h1-3,6-7,9H,4-5,8H2. The molecule has 0 aliphatic carbocycles. The maximum atomic E-state index is 13.8. The first-order chi connectivity index (χ1) is 9.65. The van der Waals surface area contributed by atoms with E-state index in [1.54, 1.807) is 6.20 Å². The second kappa shape index (κ2) is 5.32. The van der Waals surface area contributed by atoms with Gasteiger partial charge in [0.25, 0.3) is 0 Å². The van der Waals surface area contributed by atoms with Gasteiger partial charge < -0.3 is 4.90 Å². The van der Waals surface area contributed by atoms with Crippen molar-refractivity contribution in [1.29, 1.82) is 0 Å². The first-order valence-corrected chi connectivity index (χ1v) is 6.69. The van der Waals surface area contributed by atoms with Gasteiger partial charge in [0.15, 0.2) is 0 Å². The van der Waals surface area contributed by atoms with Crippen molar-refractivity contribution in [2.75, 3.05) is 18.0 Å². The van der Waals surface area contributed by atoms with E-state index in [1.807, 2.05) is 4.90 Å². The molecule has 1 aromatic carbocycles. The van der Waals surface area contributed by atoms with E-state index in [0.717, 1.165) is 0 Å². The molecule has 0 bridgehead atoms. The molecule has 1 saturated heterocycles. The average Bonchev–Trinajstić information content (AvgIpc) is 2.88. The topological polar surface area (TPSA) is 29.0 Å². The average molecular weight is 296 g/mol. The smallest absolute Gasteiger partial charge is 0.149 e. The highest BCUT2D eigenvalue weighted by molar-refractivity contribution is 6.29. The lowest BCUT2D eigenvalue weighted by Gasteiger charge is -2.17. The summed E-state index contributed by atoms with van der Waals surface area (Å²) in [4.78, 5) is 10.1. The molecule has 0 radical (unpaired) electrons. The summed E-state index contributed by atoms with van der Waals surface area (Å²) in [6.45, 7) is 1.18. The van der Waals surface area contributed by atoms with Crippen LogP contribution in [0.1, 0.15) is 17.9 Å². The molecule has 1 aliphatic rings. The van der Waals surface area contributed by atoms with Crippen molar-refractivity contribution in [2.24, 2.45) is 0 Å². The van der Waals surface area contributed by atoms with Crippen LogP contribution in [0.2, 0.25) is 5.15 Å². The van der Waals surface area contributed by atoms with E-state index in [1.165, 1.54) is 24.4 Å². The Hall–Kier alpha value is -1.75. The highest BCUT2D eigenvalue weighted by Gasteiger charge is 2.29. The van der Waals surface area contributed by atoms with Gasteiger partial charge in [-0.25, -0.2) is 13.8 Å². The van der Waals surface area contributed by atoms with Crippen LogP contribution < -0.4 is 4.90 Å². The van der Waals surface area contributed by atoms with E-state index in [-0.39, 0.29) is 11.5 Å². The van der Waals surface area contributed by atoms with E-state index in [0.29, 0.717) is 30.5 Å². The Morgan fingerprint density at radius 1 is 1.20 bits per heavy atom. The molecule has 0 N–H and O–H groups in total. The van der Waals surface area contributed by atoms with Gasteiger partial charge in [-0.05, 0) is 18.6 Å². The predicted octanol–water partition coefficient (Wildman–Crippen LogP) is 3.40. The molecule has 1 fully saturated rings. The second-order valence-electron chi connectivity index (χ2n) is 4.77. The van der Waals surface area contributed by atoms with Crippen LogP contribution in [0.4, 0.5) is 14.6 Å². The summed E-state index contributed by atoms with van der Waals surface area (Å²) >= 11 is 5.81. The van der Waals surface area contributed by atoms with Gasteiger partial charge in [0.05, 0.1) is 12.4 Å². The van der Waals surface area contributed by atoms with Crippen molar-refractivity contribution in [3.8, 4) is 0 Å². The lowest BCUT2D eigenvalue weighted by Crippen LogP contribution is -2.21. The van der Waals surface area contributed by atoms with Gasteiger partial charge in [0, 0.05) is 24.6 Å². The molecule has 1 aromatic heterocycles. The molecule has 2 aromatic rings. The van der Waals surface area contributed by atoms with Gasteiger partial charge >= 0.3 is 0 Å². The Balaban J connectivity index is 1.83. The molecule has 3 nitrogen and oxygen atoms in total. The maximum absolute atomic E-state index is 13.8. The van der Waals surface area contributed by atoms with Crippen molar-refractivity contribution in [3.05, 3.63) is 52.9 Å². The Bertz CT molecular complexity index is 615. The van der Waals surface area contributed by atoms with E-state index in [9.17, 15) is 8.78 Å². The highest BCUT2D eigenvalue weighted by Crippen LogP contribution is 2.32. The lowest BCUT2D eigenvalue weighted by atomic mass is 9.97. The SMILES string of the molecule is Fc1cccc(F)c1C1CCN(c2cncc(Cl)n2)C1. The van der Waals surface area contributed by atoms with Crippen LogP contribution in [-0.2, 0) is 0 Å². The van der Waals surface area contributed by atoms with E-state index in [2.05, 4.69) is 9.97 Å². The first kappa shape index (κ1) is 13.2. The quantitative estimate of drug-likeness (QED) is 0.850. The molecule has 2 heterocycles. The minimum Gasteiger partial charge on any atom is -0.355 e. The van der Waals surface area contributed by atoms with Crippen LogP contribution in [0.25, 0.3) is 0 Å². The second-order valence-corrected chi connectivity index (χ2v) is 5.15. The molecule has 104 valence electrons. The minimum absolute atomic E-state index is 0.157. The Morgan fingerprint density at radius 3 is 2.65 bits per heavy atom. The molecule has 1 aliphatic heterocycles. The fourth-order valence-corrected chi connectivity index (χ4v) is 2.73. The molecule has 1 atom stereocenters. The Labute approximate surface area is 120 Å². The van der Waals surface area contributed by atoms with Crippen LogP contribution in [-0.4, -0.2) is 23.1 Å². The summed E-state index contributed by atoms with van der Waals surface area (Å²) < 4.78 is 27.6. The van der Waals surface area contributed by atoms with Crippen LogP contribution in [0.5, 0.6) is 0 Å². The van der Waals surface area contributed by atoms with Crippen molar-refractivity contribution in [3.63, 3.8) is 0 Å². The van der Waals surface area contributed by atoms with Gasteiger partial charge in [0.2, 0.25) is 0 Å². The van der Waals surface area contributed by atoms with Crippen molar-refractivity contribution < 1.29 is 8.78 Å². The lowest BCUT2D eigenvalue weighted by molar-refractivity contribution is 0.533. The van der Waals surface area contributed by atoms with Gasteiger partial charge in [0.1, 0.15) is 22.6 Å². The number of halogens is 3. The van der Waals surface area contributed by atoms with Crippen molar-refractivity contribution >= 4 is 17.4 Å². The minimum atomic E-state index is -0.492. The summed E-state index contributed by atoms with van der Waals surface area (Å²) in [5, 5.41) is 0.308. The number of rotatable bonds is 2. The Kier molecular flexibility index (Phi) is 3.53. The molecule has 20 heavy (non-hydrogen) atoms. The van der Waals surface area contributed by atoms with Crippen molar-refractivity contribution in [1.82, 2.24) is 9.97 Å². The number of nitrogens with zero attached hydrogens (tertiary/aromatic N) is 3. The fraction of sp³-hybridized carbons (Fsp3) is 0.286.